The van der Waals surface area contributed by atoms with Gasteiger partial charge in [-0.05, 0) is 48.5 Å². The van der Waals surface area contributed by atoms with Crippen molar-refractivity contribution < 1.29 is 23.8 Å². The molecule has 0 saturated carbocycles. The predicted molar refractivity (Wildman–Crippen MR) is 108 cm³/mol. The number of carbonyl (C=O) groups excluding carboxylic acids is 2. The smallest absolute Gasteiger partial charge is 0.289 e. The molecule has 31 heavy (non-hydrogen) atoms. The zero-order valence-electron chi connectivity index (χ0n) is 15.6. The highest BCUT2D eigenvalue weighted by Gasteiger charge is 2.24. The van der Waals surface area contributed by atoms with Crippen molar-refractivity contribution in [3.8, 4) is 0 Å². The van der Waals surface area contributed by atoms with Crippen LogP contribution in [0.1, 0.15) is 20.7 Å². The average molecular weight is 424 g/mol. The van der Waals surface area contributed by atoms with Crippen molar-refractivity contribution in [2.45, 2.75) is 0 Å². The molecule has 156 valence electrons. The van der Waals surface area contributed by atoms with Crippen LogP contribution >= 0.6 is 0 Å². The van der Waals surface area contributed by atoms with Crippen molar-refractivity contribution in [2.75, 3.05) is 10.6 Å². The number of nitrogens with zero attached hydrogens (tertiary/aromatic N) is 2. The molecule has 0 unspecified atom stereocenters. The van der Waals surface area contributed by atoms with E-state index in [1.165, 1.54) is 48.5 Å². The number of nitrogens with one attached hydrogen (secondary N) is 2. The highest BCUT2D eigenvalue weighted by Crippen LogP contribution is 2.25. The Hall–Kier alpha value is -4.67. The van der Waals surface area contributed by atoms with E-state index in [1.54, 1.807) is 0 Å². The Morgan fingerprint density at radius 1 is 0.774 bits per heavy atom. The summed E-state index contributed by atoms with van der Waals surface area (Å²) in [6, 6.07) is 13.6. The number of nitro groups is 2. The maximum atomic E-state index is 13.0. The minimum absolute atomic E-state index is 0.167. The van der Waals surface area contributed by atoms with E-state index in [2.05, 4.69) is 10.6 Å². The third-order valence-electron chi connectivity index (χ3n) is 4.12. The van der Waals surface area contributed by atoms with Gasteiger partial charge in [-0.15, -0.1) is 0 Å². The van der Waals surface area contributed by atoms with Crippen LogP contribution in [0.3, 0.4) is 0 Å². The summed E-state index contributed by atoms with van der Waals surface area (Å²) < 4.78 is 13.0. The van der Waals surface area contributed by atoms with Gasteiger partial charge in [0.05, 0.1) is 15.9 Å². The highest BCUT2D eigenvalue weighted by molar-refractivity contribution is 6.09. The quantitative estimate of drug-likeness (QED) is 0.449. The SMILES string of the molecule is O=C(Nc1ccc(F)cc1)c1cccc(NC(=O)c2ccc([N+](=O)[O-])cc2[N+](=O)[O-])c1. The van der Waals surface area contributed by atoms with Gasteiger partial charge in [-0.25, -0.2) is 4.39 Å². The molecule has 0 radical (unpaired) electrons. The van der Waals surface area contributed by atoms with Gasteiger partial charge in [-0.1, -0.05) is 6.07 Å². The van der Waals surface area contributed by atoms with E-state index in [-0.39, 0.29) is 16.8 Å². The molecule has 0 spiro atoms. The maximum absolute atomic E-state index is 13.0. The lowest BCUT2D eigenvalue weighted by Gasteiger charge is -2.09. The summed E-state index contributed by atoms with van der Waals surface area (Å²) in [6.07, 6.45) is 0. The number of rotatable bonds is 6. The zero-order valence-corrected chi connectivity index (χ0v) is 15.6. The van der Waals surface area contributed by atoms with Gasteiger partial charge in [0.25, 0.3) is 23.2 Å². The maximum Gasteiger partial charge on any atom is 0.289 e. The summed E-state index contributed by atoms with van der Waals surface area (Å²) in [5.41, 5.74) is -0.927. The number of anilines is 2. The lowest BCUT2D eigenvalue weighted by Crippen LogP contribution is -2.16. The summed E-state index contributed by atoms with van der Waals surface area (Å²) in [7, 11) is 0. The molecule has 3 aromatic rings. The molecule has 2 N–H and O–H groups in total. The summed E-state index contributed by atoms with van der Waals surface area (Å²) in [4.78, 5) is 45.2. The fourth-order valence-corrected chi connectivity index (χ4v) is 2.65. The molecule has 2 amide bonds. The van der Waals surface area contributed by atoms with Crippen molar-refractivity contribution in [3.63, 3.8) is 0 Å². The molecule has 0 atom stereocenters. The van der Waals surface area contributed by atoms with Crippen LogP contribution in [0, 0.1) is 26.0 Å². The first-order chi connectivity index (χ1) is 14.7. The first kappa shape index (κ1) is 21.0. The molecule has 0 aliphatic carbocycles. The molecule has 0 aliphatic rings. The minimum atomic E-state index is -0.894. The van der Waals surface area contributed by atoms with E-state index in [0.717, 1.165) is 12.1 Å². The van der Waals surface area contributed by atoms with Crippen LogP contribution in [0.2, 0.25) is 0 Å². The standard InChI is InChI=1S/C20H13FN4O6/c21-13-4-6-14(7-5-13)22-19(26)12-2-1-3-15(10-12)23-20(27)17-9-8-16(24(28)29)11-18(17)25(30)31/h1-11H,(H,22,26)(H,23,27). The fraction of sp³-hybridized carbons (Fsp3) is 0. The van der Waals surface area contributed by atoms with E-state index >= 15 is 0 Å². The molecule has 0 bridgehead atoms. The van der Waals surface area contributed by atoms with Crippen molar-refractivity contribution in [3.05, 3.63) is 104 Å². The summed E-state index contributed by atoms with van der Waals surface area (Å²) in [5, 5.41) is 27.0. The van der Waals surface area contributed by atoms with Gasteiger partial charge < -0.3 is 10.6 Å². The van der Waals surface area contributed by atoms with Crippen molar-refractivity contribution in [1.82, 2.24) is 0 Å². The molecule has 3 rings (SSSR count). The molecule has 0 saturated heterocycles. The Morgan fingerprint density at radius 2 is 1.45 bits per heavy atom. The average Bonchev–Trinajstić information content (AvgIpc) is 2.75. The Balaban J connectivity index is 1.80. The summed E-state index contributed by atoms with van der Waals surface area (Å²) in [6.45, 7) is 0. The summed E-state index contributed by atoms with van der Waals surface area (Å²) in [5.74, 6) is -1.86. The van der Waals surface area contributed by atoms with Crippen LogP contribution in [-0.2, 0) is 0 Å². The van der Waals surface area contributed by atoms with Crippen molar-refractivity contribution in [2.24, 2.45) is 0 Å². The van der Waals surface area contributed by atoms with Crippen LogP contribution in [0.5, 0.6) is 0 Å². The highest BCUT2D eigenvalue weighted by atomic mass is 19.1. The molecule has 0 fully saturated rings. The Labute approximate surface area is 173 Å². The number of carbonyl (C=O) groups is 2. The van der Waals surface area contributed by atoms with Gasteiger partial charge >= 0.3 is 0 Å². The molecule has 0 aliphatic heterocycles. The Bertz CT molecular complexity index is 1200. The number of benzene rings is 3. The van der Waals surface area contributed by atoms with Crippen LogP contribution in [0.15, 0.2) is 66.7 Å². The molecule has 0 heterocycles. The van der Waals surface area contributed by atoms with Crippen molar-refractivity contribution in [1.29, 1.82) is 0 Å². The van der Waals surface area contributed by atoms with Crippen LogP contribution in [0.25, 0.3) is 0 Å². The van der Waals surface area contributed by atoms with E-state index in [0.29, 0.717) is 11.8 Å². The fourth-order valence-electron chi connectivity index (χ4n) is 2.65. The van der Waals surface area contributed by atoms with Crippen molar-refractivity contribution >= 4 is 34.6 Å². The second-order valence-corrected chi connectivity index (χ2v) is 6.21. The van der Waals surface area contributed by atoms with E-state index in [9.17, 15) is 34.2 Å². The van der Waals surface area contributed by atoms with Gasteiger partial charge in [0.2, 0.25) is 0 Å². The number of nitro benzene ring substituents is 2. The number of hydrogen-bond donors (Lipinski definition) is 2. The first-order valence-electron chi connectivity index (χ1n) is 8.66. The molecule has 3 aromatic carbocycles. The number of non-ortho nitro benzene ring substituents is 1. The minimum Gasteiger partial charge on any atom is -0.322 e. The van der Waals surface area contributed by atoms with Gasteiger partial charge in [-0.3, -0.25) is 29.8 Å². The van der Waals surface area contributed by atoms with E-state index < -0.39 is 38.9 Å². The Kier molecular flexibility index (Phi) is 5.96. The van der Waals surface area contributed by atoms with Gasteiger partial charge in [0, 0.05) is 23.0 Å². The monoisotopic (exact) mass is 424 g/mol. The van der Waals surface area contributed by atoms with Crippen LogP contribution < -0.4 is 10.6 Å². The second kappa shape index (κ2) is 8.78. The number of halogens is 1. The van der Waals surface area contributed by atoms with E-state index in [1.807, 2.05) is 0 Å². The predicted octanol–water partition coefficient (Wildman–Crippen LogP) is 4.15. The van der Waals surface area contributed by atoms with Gasteiger partial charge in [-0.2, -0.15) is 0 Å². The summed E-state index contributed by atoms with van der Waals surface area (Å²) >= 11 is 0. The van der Waals surface area contributed by atoms with Gasteiger partial charge in [0.15, 0.2) is 0 Å². The largest absolute Gasteiger partial charge is 0.322 e. The molecule has 10 nitrogen and oxygen atoms in total. The topological polar surface area (TPSA) is 144 Å². The molecule has 11 heteroatoms. The van der Waals surface area contributed by atoms with Gasteiger partial charge in [0.1, 0.15) is 11.4 Å². The zero-order chi connectivity index (χ0) is 22.5. The number of amides is 2. The third kappa shape index (κ3) is 5.03. The van der Waals surface area contributed by atoms with Crippen LogP contribution in [-0.4, -0.2) is 21.7 Å². The lowest BCUT2D eigenvalue weighted by atomic mass is 10.1. The molecule has 0 aromatic heterocycles. The first-order valence-corrected chi connectivity index (χ1v) is 8.66. The lowest BCUT2D eigenvalue weighted by molar-refractivity contribution is -0.394. The molecular weight excluding hydrogens is 411 g/mol. The molecular formula is C20H13FN4O6. The second-order valence-electron chi connectivity index (χ2n) is 6.21. The normalized spacial score (nSPS) is 10.2. The van der Waals surface area contributed by atoms with E-state index in [4.69, 9.17) is 0 Å². The number of hydrogen-bond acceptors (Lipinski definition) is 6. The third-order valence-corrected chi connectivity index (χ3v) is 4.12. The Morgan fingerprint density at radius 3 is 2.10 bits per heavy atom. The van der Waals surface area contributed by atoms with Crippen LogP contribution in [0.4, 0.5) is 27.1 Å².